The van der Waals surface area contributed by atoms with Crippen molar-refractivity contribution in [1.29, 1.82) is 0 Å². The predicted octanol–water partition coefficient (Wildman–Crippen LogP) is 2.82. The maximum atomic E-state index is 12.2. The molecule has 2 atom stereocenters. The van der Waals surface area contributed by atoms with Crippen LogP contribution in [-0.4, -0.2) is 22.5 Å². The van der Waals surface area contributed by atoms with Crippen molar-refractivity contribution in [3.8, 4) is 0 Å². The molecule has 0 saturated heterocycles. The lowest BCUT2D eigenvalue weighted by Gasteiger charge is -2.37. The molecule has 1 aliphatic carbocycles. The maximum Gasteiger partial charge on any atom is 0.329 e. The Kier molecular flexibility index (Phi) is 5.39. The molecule has 0 aliphatic heterocycles. The lowest BCUT2D eigenvalue weighted by Crippen LogP contribution is -2.57. The number of carbonyl (C=O) groups excluding carboxylic acids is 1. The zero-order chi connectivity index (χ0) is 14.6. The summed E-state index contributed by atoms with van der Waals surface area (Å²) in [5.74, 6) is -0.319. The number of hydrogen-bond donors (Lipinski definition) is 2. The number of amides is 1. The van der Waals surface area contributed by atoms with E-state index in [1.807, 2.05) is 20.8 Å². The standard InChI is InChI=1S/C15H27NO3/c1-5-11(3)12(4)13(17)16-15(14(18)19)8-6-10(2)7-9-15/h10-12H,5-9H2,1-4H3,(H,16,17)(H,18,19). The average Bonchev–Trinajstić information content (AvgIpc) is 2.39. The van der Waals surface area contributed by atoms with Gasteiger partial charge < -0.3 is 10.4 Å². The first kappa shape index (κ1) is 16.0. The average molecular weight is 269 g/mol. The summed E-state index contributed by atoms with van der Waals surface area (Å²) in [4.78, 5) is 23.8. The van der Waals surface area contributed by atoms with Gasteiger partial charge in [-0.15, -0.1) is 0 Å². The van der Waals surface area contributed by atoms with Gasteiger partial charge in [0.15, 0.2) is 0 Å². The fourth-order valence-electron chi connectivity index (χ4n) is 2.61. The molecule has 1 aliphatic rings. The van der Waals surface area contributed by atoms with Gasteiger partial charge in [-0.05, 0) is 37.5 Å². The lowest BCUT2D eigenvalue weighted by atomic mass is 9.76. The van der Waals surface area contributed by atoms with E-state index < -0.39 is 11.5 Å². The van der Waals surface area contributed by atoms with Gasteiger partial charge in [-0.3, -0.25) is 4.79 Å². The van der Waals surface area contributed by atoms with Gasteiger partial charge in [0.2, 0.25) is 5.91 Å². The van der Waals surface area contributed by atoms with Crippen molar-refractivity contribution >= 4 is 11.9 Å². The van der Waals surface area contributed by atoms with Gasteiger partial charge in [-0.2, -0.15) is 0 Å². The Bertz CT molecular complexity index is 332. The van der Waals surface area contributed by atoms with E-state index >= 15 is 0 Å². The van der Waals surface area contributed by atoms with Crippen molar-refractivity contribution in [2.75, 3.05) is 0 Å². The van der Waals surface area contributed by atoms with E-state index in [0.29, 0.717) is 18.8 Å². The van der Waals surface area contributed by atoms with Crippen LogP contribution in [0, 0.1) is 17.8 Å². The molecule has 2 N–H and O–H groups in total. The van der Waals surface area contributed by atoms with E-state index in [1.54, 1.807) is 0 Å². The van der Waals surface area contributed by atoms with E-state index in [2.05, 4.69) is 12.2 Å². The fraction of sp³-hybridized carbons (Fsp3) is 0.867. The molecule has 0 aromatic heterocycles. The number of carbonyl (C=O) groups is 2. The van der Waals surface area contributed by atoms with Gasteiger partial charge in [-0.25, -0.2) is 4.79 Å². The number of nitrogens with one attached hydrogen (secondary N) is 1. The van der Waals surface area contributed by atoms with E-state index in [9.17, 15) is 14.7 Å². The summed E-state index contributed by atoms with van der Waals surface area (Å²) in [5, 5.41) is 12.3. The minimum absolute atomic E-state index is 0.119. The van der Waals surface area contributed by atoms with Crippen molar-refractivity contribution in [1.82, 2.24) is 5.32 Å². The monoisotopic (exact) mass is 269 g/mol. The van der Waals surface area contributed by atoms with Crippen LogP contribution in [0.5, 0.6) is 0 Å². The first-order chi connectivity index (χ1) is 8.82. The number of carboxylic acids is 1. The lowest BCUT2D eigenvalue weighted by molar-refractivity contribution is -0.150. The highest BCUT2D eigenvalue weighted by Crippen LogP contribution is 2.32. The third kappa shape index (κ3) is 3.71. The Labute approximate surface area is 116 Å². The second-order valence-electron chi connectivity index (χ2n) is 6.23. The minimum Gasteiger partial charge on any atom is -0.480 e. The summed E-state index contributed by atoms with van der Waals surface area (Å²) >= 11 is 0. The molecule has 1 saturated carbocycles. The Morgan fingerprint density at radius 2 is 1.84 bits per heavy atom. The smallest absolute Gasteiger partial charge is 0.329 e. The van der Waals surface area contributed by atoms with E-state index in [0.717, 1.165) is 19.3 Å². The highest BCUT2D eigenvalue weighted by Gasteiger charge is 2.43. The molecule has 0 heterocycles. The largest absolute Gasteiger partial charge is 0.480 e. The topological polar surface area (TPSA) is 66.4 Å². The third-order valence-corrected chi connectivity index (χ3v) is 4.81. The van der Waals surface area contributed by atoms with E-state index in [-0.39, 0.29) is 17.7 Å². The van der Waals surface area contributed by atoms with Crippen LogP contribution in [0.25, 0.3) is 0 Å². The first-order valence-corrected chi connectivity index (χ1v) is 7.37. The summed E-state index contributed by atoms with van der Waals surface area (Å²) < 4.78 is 0. The zero-order valence-electron chi connectivity index (χ0n) is 12.5. The normalized spacial score (nSPS) is 30.4. The summed E-state index contributed by atoms with van der Waals surface area (Å²) in [5.41, 5.74) is -1.04. The summed E-state index contributed by atoms with van der Waals surface area (Å²) in [6, 6.07) is 0. The molecule has 1 amide bonds. The Hall–Kier alpha value is -1.06. The molecule has 0 radical (unpaired) electrons. The molecular formula is C15H27NO3. The van der Waals surface area contributed by atoms with Crippen LogP contribution in [0.2, 0.25) is 0 Å². The molecule has 0 aromatic carbocycles. The summed E-state index contributed by atoms with van der Waals surface area (Å²) in [6.07, 6.45) is 3.74. The second-order valence-corrected chi connectivity index (χ2v) is 6.23. The number of hydrogen-bond acceptors (Lipinski definition) is 2. The SMILES string of the molecule is CCC(C)C(C)C(=O)NC1(C(=O)O)CCC(C)CC1. The molecule has 110 valence electrons. The van der Waals surface area contributed by atoms with Gasteiger partial charge >= 0.3 is 5.97 Å². The van der Waals surface area contributed by atoms with Crippen molar-refractivity contribution in [2.24, 2.45) is 17.8 Å². The van der Waals surface area contributed by atoms with Gasteiger partial charge in [-0.1, -0.05) is 34.1 Å². The Balaban J connectivity index is 2.74. The zero-order valence-corrected chi connectivity index (χ0v) is 12.5. The van der Waals surface area contributed by atoms with Crippen LogP contribution >= 0.6 is 0 Å². The van der Waals surface area contributed by atoms with Gasteiger partial charge in [0, 0.05) is 5.92 Å². The molecule has 1 rings (SSSR count). The fourth-order valence-corrected chi connectivity index (χ4v) is 2.61. The molecule has 4 heteroatoms. The molecule has 4 nitrogen and oxygen atoms in total. The van der Waals surface area contributed by atoms with Crippen molar-refractivity contribution in [3.05, 3.63) is 0 Å². The second kappa shape index (κ2) is 6.40. The molecular weight excluding hydrogens is 242 g/mol. The van der Waals surface area contributed by atoms with Crippen LogP contribution in [0.15, 0.2) is 0 Å². The highest BCUT2D eigenvalue weighted by molar-refractivity contribution is 5.88. The maximum absolute atomic E-state index is 12.2. The number of aliphatic carboxylic acids is 1. The predicted molar refractivity (Wildman–Crippen MR) is 74.8 cm³/mol. The third-order valence-electron chi connectivity index (χ3n) is 4.81. The molecule has 0 aromatic rings. The molecule has 2 unspecified atom stereocenters. The van der Waals surface area contributed by atoms with Crippen molar-refractivity contribution < 1.29 is 14.7 Å². The Morgan fingerprint density at radius 3 is 2.26 bits per heavy atom. The van der Waals surface area contributed by atoms with Crippen LogP contribution in [-0.2, 0) is 9.59 Å². The van der Waals surface area contributed by atoms with Crippen LogP contribution < -0.4 is 5.32 Å². The van der Waals surface area contributed by atoms with Crippen molar-refractivity contribution in [2.45, 2.75) is 65.3 Å². The molecule has 0 bridgehead atoms. The van der Waals surface area contributed by atoms with Gasteiger partial charge in [0.05, 0.1) is 0 Å². The van der Waals surface area contributed by atoms with E-state index in [1.165, 1.54) is 0 Å². The minimum atomic E-state index is -1.04. The van der Waals surface area contributed by atoms with Gasteiger partial charge in [0.1, 0.15) is 5.54 Å². The molecule has 1 fully saturated rings. The molecule has 19 heavy (non-hydrogen) atoms. The molecule has 0 spiro atoms. The van der Waals surface area contributed by atoms with E-state index in [4.69, 9.17) is 0 Å². The summed E-state index contributed by atoms with van der Waals surface area (Å²) in [6.45, 7) is 8.09. The highest BCUT2D eigenvalue weighted by atomic mass is 16.4. The van der Waals surface area contributed by atoms with Crippen LogP contribution in [0.1, 0.15) is 59.8 Å². The number of carboxylic acid groups (broad SMARTS) is 1. The first-order valence-electron chi connectivity index (χ1n) is 7.37. The quantitative estimate of drug-likeness (QED) is 0.806. The van der Waals surface area contributed by atoms with Gasteiger partial charge in [0.25, 0.3) is 0 Å². The summed E-state index contributed by atoms with van der Waals surface area (Å²) in [7, 11) is 0. The number of rotatable bonds is 5. The van der Waals surface area contributed by atoms with Crippen LogP contribution in [0.4, 0.5) is 0 Å². The van der Waals surface area contributed by atoms with Crippen LogP contribution in [0.3, 0.4) is 0 Å². The Morgan fingerprint density at radius 1 is 1.32 bits per heavy atom. The van der Waals surface area contributed by atoms with Crippen molar-refractivity contribution in [3.63, 3.8) is 0 Å².